The molecule has 0 aromatic heterocycles. The molecule has 0 aliphatic rings. The fraction of sp³-hybridized carbons (Fsp3) is 0.133. The van der Waals surface area contributed by atoms with Gasteiger partial charge in [-0.3, -0.25) is 0 Å². The van der Waals surface area contributed by atoms with Crippen LogP contribution < -0.4 is 5.32 Å². The van der Waals surface area contributed by atoms with Gasteiger partial charge in [-0.15, -0.1) is 0 Å². The maximum Gasteiger partial charge on any atom is 0.134 e. The summed E-state index contributed by atoms with van der Waals surface area (Å²) in [7, 11) is 0. The van der Waals surface area contributed by atoms with Gasteiger partial charge < -0.3 is 5.32 Å². The van der Waals surface area contributed by atoms with Crippen molar-refractivity contribution in [3.05, 3.63) is 67.6 Å². The van der Waals surface area contributed by atoms with Crippen LogP contribution >= 0.6 is 70.4 Å². The van der Waals surface area contributed by atoms with Crippen molar-refractivity contribution in [2.24, 2.45) is 0 Å². The van der Waals surface area contributed by atoms with Gasteiger partial charge >= 0.3 is 0 Å². The van der Waals surface area contributed by atoms with Crippen molar-refractivity contribution < 1.29 is 0 Å². The number of nitrogens with one attached hydrogen (secondary N) is 1. The van der Waals surface area contributed by atoms with Gasteiger partial charge in [0.15, 0.2) is 0 Å². The van der Waals surface area contributed by atoms with Gasteiger partial charge in [0.05, 0.1) is 20.1 Å². The summed E-state index contributed by atoms with van der Waals surface area (Å²) in [4.78, 5) is 0. The summed E-state index contributed by atoms with van der Waals surface area (Å²) in [6, 6.07) is 11.1. The second kappa shape index (κ2) is 8.62. The molecule has 2 aromatic carbocycles. The van der Waals surface area contributed by atoms with E-state index in [1.54, 1.807) is 12.1 Å². The molecule has 0 bridgehead atoms. The van der Waals surface area contributed by atoms with E-state index < -0.39 is 0 Å². The Labute approximate surface area is 159 Å². The summed E-state index contributed by atoms with van der Waals surface area (Å²) >= 11 is 30.6. The molecule has 1 nitrogen and oxygen atoms in total. The Hall–Kier alpha value is -0.160. The molecule has 0 fully saturated rings. The lowest BCUT2D eigenvalue weighted by atomic mass is 10.2. The molecule has 2 aromatic rings. The average Bonchev–Trinajstić information content (AvgIpc) is 2.49. The number of halogens is 4. The Morgan fingerprint density at radius 2 is 1.41 bits per heavy atom. The highest BCUT2D eigenvalue weighted by molar-refractivity contribution is 8.22. The quantitative estimate of drug-likeness (QED) is 0.569. The van der Waals surface area contributed by atoms with Crippen molar-refractivity contribution in [2.75, 3.05) is 0 Å². The van der Waals surface area contributed by atoms with Gasteiger partial charge in [-0.2, -0.15) is 0 Å². The first-order valence-electron chi connectivity index (χ1n) is 6.24. The molecule has 1 N–H and O–H groups in total. The van der Waals surface area contributed by atoms with E-state index in [2.05, 4.69) is 5.32 Å². The predicted octanol–water partition coefficient (Wildman–Crippen LogP) is 6.61. The first-order valence-corrected chi connectivity index (χ1v) is 9.15. The monoisotopic (exact) mass is 409 g/mol. The highest BCUT2D eigenvalue weighted by Crippen LogP contribution is 2.25. The van der Waals surface area contributed by atoms with Crippen LogP contribution in [0.5, 0.6) is 0 Å². The topological polar surface area (TPSA) is 12.0 Å². The van der Waals surface area contributed by atoms with Gasteiger partial charge in [-0.05, 0) is 35.4 Å². The van der Waals surface area contributed by atoms with Crippen LogP contribution in [0.2, 0.25) is 20.1 Å². The van der Waals surface area contributed by atoms with E-state index in [1.165, 1.54) is 11.8 Å². The van der Waals surface area contributed by atoms with Crippen molar-refractivity contribution in [2.45, 2.75) is 12.3 Å². The van der Waals surface area contributed by atoms with E-state index in [-0.39, 0.29) is 0 Å². The Kier molecular flexibility index (Phi) is 7.13. The van der Waals surface area contributed by atoms with Crippen LogP contribution in [0.1, 0.15) is 11.1 Å². The van der Waals surface area contributed by atoms with Crippen LogP contribution in [-0.4, -0.2) is 4.32 Å². The molecule has 0 amide bonds. The maximum atomic E-state index is 5.98. The number of rotatable bonds is 4. The molecular weight excluding hydrogens is 400 g/mol. The van der Waals surface area contributed by atoms with E-state index in [1.807, 2.05) is 24.3 Å². The van der Waals surface area contributed by atoms with E-state index in [4.69, 9.17) is 58.6 Å². The Morgan fingerprint density at radius 1 is 0.864 bits per heavy atom. The maximum absolute atomic E-state index is 5.98. The molecular formula is C15H11Cl4NS2. The van der Waals surface area contributed by atoms with Gasteiger partial charge in [-0.1, -0.05) is 82.5 Å². The number of hydrogen-bond acceptors (Lipinski definition) is 2. The highest BCUT2D eigenvalue weighted by Gasteiger charge is 2.04. The molecule has 0 spiro atoms. The zero-order valence-electron chi connectivity index (χ0n) is 11.2. The molecule has 0 atom stereocenters. The van der Waals surface area contributed by atoms with Gasteiger partial charge in [0.2, 0.25) is 0 Å². The zero-order chi connectivity index (χ0) is 16.1. The molecule has 7 heteroatoms. The second-order valence-corrected chi connectivity index (χ2v) is 7.71. The number of hydrogen-bond donors (Lipinski definition) is 1. The molecule has 0 aliphatic heterocycles. The minimum Gasteiger partial charge on any atom is -0.367 e. The van der Waals surface area contributed by atoms with Crippen molar-refractivity contribution in [1.29, 1.82) is 0 Å². The summed E-state index contributed by atoms with van der Waals surface area (Å²) in [5.74, 6) is 0.726. The number of benzene rings is 2. The Bertz CT molecular complexity index is 634. The lowest BCUT2D eigenvalue weighted by molar-refractivity contribution is 0.940. The Balaban J connectivity index is 1.82. The fourth-order valence-electron chi connectivity index (χ4n) is 1.65. The third-order valence-corrected chi connectivity index (χ3v) is 5.63. The Morgan fingerprint density at radius 3 is 2.00 bits per heavy atom. The van der Waals surface area contributed by atoms with Crippen molar-refractivity contribution >= 4 is 74.7 Å². The fourth-order valence-corrected chi connectivity index (χ4v) is 3.20. The van der Waals surface area contributed by atoms with Crippen molar-refractivity contribution in [1.82, 2.24) is 5.32 Å². The largest absolute Gasteiger partial charge is 0.367 e. The number of thiocarbonyl (C=S) groups is 1. The summed E-state index contributed by atoms with van der Waals surface area (Å²) in [5, 5.41) is 5.36. The SMILES string of the molecule is S=C(NCc1ccc(Cl)c(Cl)c1)SCc1ccc(Cl)c(Cl)c1. The van der Waals surface area contributed by atoms with Gasteiger partial charge in [0, 0.05) is 12.3 Å². The van der Waals surface area contributed by atoms with Crippen LogP contribution in [0.4, 0.5) is 0 Å². The third-order valence-electron chi connectivity index (χ3n) is 2.77. The lowest BCUT2D eigenvalue weighted by Gasteiger charge is -2.09. The smallest absolute Gasteiger partial charge is 0.134 e. The molecule has 22 heavy (non-hydrogen) atoms. The van der Waals surface area contributed by atoms with E-state index in [0.717, 1.165) is 16.9 Å². The zero-order valence-corrected chi connectivity index (χ0v) is 15.9. The van der Waals surface area contributed by atoms with Crippen LogP contribution in [-0.2, 0) is 12.3 Å². The van der Waals surface area contributed by atoms with Crippen LogP contribution in [0.25, 0.3) is 0 Å². The normalized spacial score (nSPS) is 10.5. The van der Waals surface area contributed by atoms with Gasteiger partial charge in [0.25, 0.3) is 0 Å². The van der Waals surface area contributed by atoms with Crippen molar-refractivity contribution in [3.63, 3.8) is 0 Å². The van der Waals surface area contributed by atoms with E-state index >= 15 is 0 Å². The molecule has 0 heterocycles. The molecule has 0 aliphatic carbocycles. The standard InChI is InChI=1S/C15H11Cl4NS2/c16-11-3-1-9(5-13(11)18)7-20-15(21)22-8-10-2-4-12(17)14(19)6-10/h1-6H,7-8H2,(H,20,21). The average molecular weight is 411 g/mol. The van der Waals surface area contributed by atoms with Gasteiger partial charge in [-0.25, -0.2) is 0 Å². The minimum atomic E-state index is 0.537. The second-order valence-electron chi connectivity index (χ2n) is 4.43. The summed E-state index contributed by atoms with van der Waals surface area (Å²) in [5.41, 5.74) is 2.09. The third kappa shape index (κ3) is 5.48. The molecule has 0 unspecified atom stereocenters. The lowest BCUT2D eigenvalue weighted by Crippen LogP contribution is -2.17. The van der Waals surface area contributed by atoms with Crippen LogP contribution in [0.15, 0.2) is 36.4 Å². The van der Waals surface area contributed by atoms with E-state index in [9.17, 15) is 0 Å². The van der Waals surface area contributed by atoms with Crippen molar-refractivity contribution in [3.8, 4) is 0 Å². The molecule has 116 valence electrons. The van der Waals surface area contributed by atoms with Crippen LogP contribution in [0.3, 0.4) is 0 Å². The molecule has 0 radical (unpaired) electrons. The molecule has 2 rings (SSSR count). The van der Waals surface area contributed by atoms with Crippen LogP contribution in [0, 0.1) is 0 Å². The predicted molar refractivity (Wildman–Crippen MR) is 104 cm³/mol. The molecule has 0 saturated heterocycles. The summed E-state index contributed by atoms with van der Waals surface area (Å²) in [6.45, 7) is 0.601. The number of thioether (sulfide) groups is 1. The first-order chi connectivity index (χ1) is 10.5. The highest BCUT2D eigenvalue weighted by atomic mass is 35.5. The minimum absolute atomic E-state index is 0.537. The molecule has 0 saturated carbocycles. The van der Waals surface area contributed by atoms with E-state index in [0.29, 0.717) is 31.0 Å². The summed E-state index contributed by atoms with van der Waals surface area (Å²) in [6.07, 6.45) is 0. The first kappa shape index (κ1) is 18.2. The summed E-state index contributed by atoms with van der Waals surface area (Å²) < 4.78 is 0.706. The van der Waals surface area contributed by atoms with Gasteiger partial charge in [0.1, 0.15) is 4.32 Å².